The van der Waals surface area contributed by atoms with E-state index < -0.39 is 0 Å². The van der Waals surface area contributed by atoms with Gasteiger partial charge in [0.1, 0.15) is 17.3 Å². The fourth-order valence-corrected chi connectivity index (χ4v) is 2.25. The fraction of sp³-hybridized carbons (Fsp3) is 0.0500. The Bertz CT molecular complexity index is 795. The van der Waals surface area contributed by atoms with Crippen LogP contribution in [0, 0.1) is 5.82 Å². The number of para-hydroxylation sites is 1. The van der Waals surface area contributed by atoms with Gasteiger partial charge in [-0.15, -0.1) is 0 Å². The minimum absolute atomic E-state index is 0.0472. The van der Waals surface area contributed by atoms with Crippen LogP contribution in [0.5, 0.6) is 11.5 Å². The van der Waals surface area contributed by atoms with E-state index in [2.05, 4.69) is 0 Å². The predicted molar refractivity (Wildman–Crippen MR) is 87.4 cm³/mol. The molecule has 0 aliphatic rings. The molecular formula is C20H15FO2. The van der Waals surface area contributed by atoms with Crippen molar-refractivity contribution in [1.82, 2.24) is 0 Å². The van der Waals surface area contributed by atoms with Gasteiger partial charge in [-0.3, -0.25) is 4.79 Å². The van der Waals surface area contributed by atoms with E-state index in [-0.39, 0.29) is 18.0 Å². The zero-order chi connectivity index (χ0) is 16.1. The molecule has 0 unspecified atom stereocenters. The molecule has 0 aliphatic carbocycles. The number of Topliss-reactive ketones (excluding diaryl/α,β-unsaturated/α-hetero) is 1. The molecule has 114 valence electrons. The molecule has 0 saturated heterocycles. The molecule has 0 saturated carbocycles. The number of carbonyl (C=O) groups excluding carboxylic acids is 1. The summed E-state index contributed by atoms with van der Waals surface area (Å²) in [6.45, 7) is 0. The lowest BCUT2D eigenvalue weighted by Gasteiger charge is -2.07. The summed E-state index contributed by atoms with van der Waals surface area (Å²) in [4.78, 5) is 12.2. The number of benzene rings is 3. The molecule has 2 nitrogen and oxygen atoms in total. The third-order valence-electron chi connectivity index (χ3n) is 3.46. The molecule has 0 N–H and O–H groups in total. The van der Waals surface area contributed by atoms with Gasteiger partial charge in [-0.2, -0.15) is 0 Å². The first-order valence-corrected chi connectivity index (χ1v) is 7.32. The minimum atomic E-state index is -0.357. The van der Waals surface area contributed by atoms with E-state index in [0.717, 1.165) is 5.75 Å². The molecule has 0 aliphatic heterocycles. The van der Waals surface area contributed by atoms with E-state index in [0.29, 0.717) is 16.9 Å². The lowest BCUT2D eigenvalue weighted by molar-refractivity contribution is 0.0992. The summed E-state index contributed by atoms with van der Waals surface area (Å²) in [7, 11) is 0. The summed E-state index contributed by atoms with van der Waals surface area (Å²) < 4.78 is 19.3. The number of rotatable bonds is 5. The van der Waals surface area contributed by atoms with Crippen LogP contribution >= 0.6 is 0 Å². The van der Waals surface area contributed by atoms with Gasteiger partial charge in [0.15, 0.2) is 5.78 Å². The van der Waals surface area contributed by atoms with Crippen molar-refractivity contribution in [2.75, 3.05) is 0 Å². The first kappa shape index (κ1) is 15.0. The molecule has 3 rings (SSSR count). The van der Waals surface area contributed by atoms with E-state index >= 15 is 0 Å². The van der Waals surface area contributed by atoms with Gasteiger partial charge < -0.3 is 4.74 Å². The topological polar surface area (TPSA) is 26.3 Å². The molecule has 23 heavy (non-hydrogen) atoms. The van der Waals surface area contributed by atoms with Gasteiger partial charge in [-0.1, -0.05) is 36.4 Å². The Labute approximate surface area is 134 Å². The first-order valence-electron chi connectivity index (χ1n) is 7.32. The molecule has 0 bridgehead atoms. The number of hydrogen-bond donors (Lipinski definition) is 0. The first-order chi connectivity index (χ1) is 11.2. The standard InChI is InChI=1S/C20H15FO2/c21-19-9-5-4-6-16(19)14-20(22)15-10-12-18(13-11-15)23-17-7-2-1-3-8-17/h1-13H,14H2. The fourth-order valence-electron chi connectivity index (χ4n) is 2.25. The highest BCUT2D eigenvalue weighted by Gasteiger charge is 2.10. The molecule has 0 heterocycles. The highest BCUT2D eigenvalue weighted by Crippen LogP contribution is 2.21. The second-order valence-corrected chi connectivity index (χ2v) is 5.13. The Morgan fingerprint density at radius 1 is 0.783 bits per heavy atom. The molecular weight excluding hydrogens is 291 g/mol. The quantitative estimate of drug-likeness (QED) is 0.617. The predicted octanol–water partition coefficient (Wildman–Crippen LogP) is 5.04. The number of carbonyl (C=O) groups is 1. The second kappa shape index (κ2) is 6.88. The van der Waals surface area contributed by atoms with Crippen LogP contribution in [0.25, 0.3) is 0 Å². The summed E-state index contributed by atoms with van der Waals surface area (Å²) in [5.41, 5.74) is 0.941. The number of ketones is 1. The van der Waals surface area contributed by atoms with Crippen molar-refractivity contribution < 1.29 is 13.9 Å². The largest absolute Gasteiger partial charge is 0.457 e. The summed E-state index contributed by atoms with van der Waals surface area (Å²) in [5, 5.41) is 0. The highest BCUT2D eigenvalue weighted by molar-refractivity contribution is 5.97. The average molecular weight is 306 g/mol. The maximum absolute atomic E-state index is 13.6. The SMILES string of the molecule is O=C(Cc1ccccc1F)c1ccc(Oc2ccccc2)cc1. The van der Waals surface area contributed by atoms with Crippen molar-refractivity contribution in [3.8, 4) is 11.5 Å². The third-order valence-corrected chi connectivity index (χ3v) is 3.46. The van der Waals surface area contributed by atoms with Gasteiger partial charge in [0.25, 0.3) is 0 Å². The Hall–Kier alpha value is -2.94. The molecule has 0 spiro atoms. The van der Waals surface area contributed by atoms with Crippen LogP contribution in [0.2, 0.25) is 0 Å². The van der Waals surface area contributed by atoms with E-state index in [9.17, 15) is 9.18 Å². The molecule has 0 radical (unpaired) electrons. The maximum atomic E-state index is 13.6. The van der Waals surface area contributed by atoms with Crippen LogP contribution in [-0.4, -0.2) is 5.78 Å². The van der Waals surface area contributed by atoms with Gasteiger partial charge in [0.2, 0.25) is 0 Å². The van der Waals surface area contributed by atoms with Crippen molar-refractivity contribution in [3.05, 3.63) is 95.8 Å². The van der Waals surface area contributed by atoms with E-state index in [1.807, 2.05) is 30.3 Å². The van der Waals surface area contributed by atoms with Crippen molar-refractivity contribution in [2.24, 2.45) is 0 Å². The van der Waals surface area contributed by atoms with Gasteiger partial charge in [-0.05, 0) is 48.0 Å². The lowest BCUT2D eigenvalue weighted by Crippen LogP contribution is -2.05. The smallest absolute Gasteiger partial charge is 0.167 e. The van der Waals surface area contributed by atoms with Gasteiger partial charge in [0, 0.05) is 12.0 Å². The molecule has 0 fully saturated rings. The van der Waals surface area contributed by atoms with Crippen LogP contribution in [0.4, 0.5) is 4.39 Å². The number of hydrogen-bond acceptors (Lipinski definition) is 2. The van der Waals surface area contributed by atoms with E-state index in [1.165, 1.54) is 6.07 Å². The molecule has 3 heteroatoms. The zero-order valence-electron chi connectivity index (χ0n) is 12.4. The number of ether oxygens (including phenoxy) is 1. The Kier molecular flexibility index (Phi) is 4.48. The van der Waals surface area contributed by atoms with Crippen LogP contribution in [0.3, 0.4) is 0 Å². The van der Waals surface area contributed by atoms with Gasteiger partial charge in [0.05, 0.1) is 0 Å². The molecule has 0 amide bonds. The summed E-state index contributed by atoms with van der Waals surface area (Å²) in [6.07, 6.45) is 0.0472. The highest BCUT2D eigenvalue weighted by atomic mass is 19.1. The number of halogens is 1. The van der Waals surface area contributed by atoms with Gasteiger partial charge >= 0.3 is 0 Å². The van der Waals surface area contributed by atoms with E-state index in [1.54, 1.807) is 42.5 Å². The molecule has 0 atom stereocenters. The van der Waals surface area contributed by atoms with Crippen LogP contribution in [0.15, 0.2) is 78.9 Å². The molecule has 3 aromatic carbocycles. The van der Waals surface area contributed by atoms with Crippen molar-refractivity contribution in [3.63, 3.8) is 0 Å². The van der Waals surface area contributed by atoms with Crippen molar-refractivity contribution in [1.29, 1.82) is 0 Å². The lowest BCUT2D eigenvalue weighted by atomic mass is 10.0. The van der Waals surface area contributed by atoms with Crippen molar-refractivity contribution in [2.45, 2.75) is 6.42 Å². The zero-order valence-corrected chi connectivity index (χ0v) is 12.4. The summed E-state index contributed by atoms with van der Waals surface area (Å²) >= 11 is 0. The molecule has 0 aromatic heterocycles. The minimum Gasteiger partial charge on any atom is -0.457 e. The van der Waals surface area contributed by atoms with Crippen molar-refractivity contribution >= 4 is 5.78 Å². The third kappa shape index (κ3) is 3.83. The Morgan fingerprint density at radius 3 is 2.09 bits per heavy atom. The summed E-state index contributed by atoms with van der Waals surface area (Å²) in [5.74, 6) is 0.905. The average Bonchev–Trinajstić information content (AvgIpc) is 2.58. The van der Waals surface area contributed by atoms with Gasteiger partial charge in [-0.25, -0.2) is 4.39 Å². The van der Waals surface area contributed by atoms with Crippen LogP contribution < -0.4 is 4.74 Å². The summed E-state index contributed by atoms with van der Waals surface area (Å²) in [6, 6.07) is 22.6. The second-order valence-electron chi connectivity index (χ2n) is 5.13. The Morgan fingerprint density at radius 2 is 1.39 bits per heavy atom. The van der Waals surface area contributed by atoms with E-state index in [4.69, 9.17) is 4.74 Å². The van der Waals surface area contributed by atoms with Crippen LogP contribution in [0.1, 0.15) is 15.9 Å². The normalized spacial score (nSPS) is 10.3. The van der Waals surface area contributed by atoms with Crippen LogP contribution in [-0.2, 0) is 6.42 Å². The monoisotopic (exact) mass is 306 g/mol. The Balaban J connectivity index is 1.69. The molecule has 3 aromatic rings. The maximum Gasteiger partial charge on any atom is 0.167 e.